The van der Waals surface area contributed by atoms with Gasteiger partial charge in [0.15, 0.2) is 0 Å². The van der Waals surface area contributed by atoms with E-state index in [4.69, 9.17) is 0 Å². The van der Waals surface area contributed by atoms with E-state index in [1.54, 1.807) is 0 Å². The largest absolute Gasteiger partial charge is 0.323 e. The minimum absolute atomic E-state index is 0.0696. The molecule has 0 aliphatic rings. The zero-order valence-electron chi connectivity index (χ0n) is 9.07. The molecular weight excluding hydrogens is 174 g/mol. The van der Waals surface area contributed by atoms with Crippen molar-refractivity contribution in [2.75, 3.05) is 0 Å². The van der Waals surface area contributed by atoms with E-state index < -0.39 is 0 Å². The van der Waals surface area contributed by atoms with Gasteiger partial charge in [0.25, 0.3) is 0 Å². The van der Waals surface area contributed by atoms with Crippen LogP contribution in [0.2, 0.25) is 0 Å². The van der Waals surface area contributed by atoms with E-state index in [0.29, 0.717) is 0 Å². The molecule has 0 atom stereocenters. The number of fused-ring (bicyclic) bond motifs is 1. The molecule has 0 amide bonds. The van der Waals surface area contributed by atoms with Crippen molar-refractivity contribution >= 4 is 11.0 Å². The third-order valence-electron chi connectivity index (χ3n) is 2.30. The summed E-state index contributed by atoms with van der Waals surface area (Å²) >= 11 is 0. The number of rotatable bonds is 0. The maximum atomic E-state index is 4.48. The van der Waals surface area contributed by atoms with Crippen LogP contribution in [0.15, 0.2) is 18.5 Å². The fourth-order valence-corrected chi connectivity index (χ4v) is 1.90. The summed E-state index contributed by atoms with van der Waals surface area (Å²) < 4.78 is 2.24. The lowest BCUT2D eigenvalue weighted by Crippen LogP contribution is -2.22. The van der Waals surface area contributed by atoms with E-state index in [9.17, 15) is 0 Å². The van der Waals surface area contributed by atoms with Crippen LogP contribution in [0.4, 0.5) is 0 Å². The molecule has 3 heteroatoms. The molecule has 2 aromatic rings. The van der Waals surface area contributed by atoms with E-state index in [0.717, 1.165) is 16.9 Å². The van der Waals surface area contributed by atoms with E-state index in [-0.39, 0.29) is 5.54 Å². The molecule has 0 fully saturated rings. The molecule has 3 nitrogen and oxygen atoms in total. The first-order chi connectivity index (χ1) is 6.50. The number of aryl methyl sites for hydroxylation is 1. The van der Waals surface area contributed by atoms with Gasteiger partial charge in [0.2, 0.25) is 0 Å². The molecule has 0 saturated carbocycles. The van der Waals surface area contributed by atoms with Crippen LogP contribution in [0.25, 0.3) is 11.0 Å². The minimum Gasteiger partial charge on any atom is -0.323 e. The van der Waals surface area contributed by atoms with Crippen molar-refractivity contribution in [2.45, 2.75) is 33.2 Å². The molecule has 2 aromatic heterocycles. The van der Waals surface area contributed by atoms with Crippen LogP contribution in [0.1, 0.15) is 26.6 Å². The lowest BCUT2D eigenvalue weighted by Gasteiger charge is -2.23. The Morgan fingerprint density at radius 3 is 2.64 bits per heavy atom. The summed E-state index contributed by atoms with van der Waals surface area (Å²) in [5, 5.41) is 0. The van der Waals surface area contributed by atoms with E-state index in [1.165, 1.54) is 0 Å². The first-order valence-electron chi connectivity index (χ1n) is 4.80. The quantitative estimate of drug-likeness (QED) is 0.637. The van der Waals surface area contributed by atoms with Crippen molar-refractivity contribution in [2.24, 2.45) is 0 Å². The minimum atomic E-state index is 0.0696. The second kappa shape index (κ2) is 2.80. The van der Waals surface area contributed by atoms with Gasteiger partial charge in [-0.25, -0.2) is 4.98 Å². The predicted octanol–water partition coefficient (Wildman–Crippen LogP) is 2.49. The van der Waals surface area contributed by atoms with Gasteiger partial charge in [0, 0.05) is 11.7 Å². The first-order valence-corrected chi connectivity index (χ1v) is 4.80. The molecular formula is C11H15N3. The van der Waals surface area contributed by atoms with Crippen LogP contribution in [0, 0.1) is 6.92 Å². The fourth-order valence-electron chi connectivity index (χ4n) is 1.90. The molecule has 2 heterocycles. The van der Waals surface area contributed by atoms with Gasteiger partial charge in [-0.2, -0.15) is 0 Å². The van der Waals surface area contributed by atoms with Crippen molar-refractivity contribution in [1.29, 1.82) is 0 Å². The van der Waals surface area contributed by atoms with E-state index in [1.807, 2.05) is 25.4 Å². The Morgan fingerprint density at radius 1 is 1.29 bits per heavy atom. The van der Waals surface area contributed by atoms with Crippen LogP contribution >= 0.6 is 0 Å². The molecule has 2 rings (SSSR count). The van der Waals surface area contributed by atoms with Gasteiger partial charge in [0.1, 0.15) is 11.3 Å². The summed E-state index contributed by atoms with van der Waals surface area (Å²) in [5.74, 6) is 1.04. The standard InChI is InChI=1S/C11H15N3/c1-8-13-9-7-12-6-5-10(9)14(8)11(2,3)4/h5-7H,1-4H3. The highest BCUT2D eigenvalue weighted by Crippen LogP contribution is 2.23. The maximum Gasteiger partial charge on any atom is 0.107 e. The Kier molecular flexibility index (Phi) is 1.84. The summed E-state index contributed by atoms with van der Waals surface area (Å²) in [6, 6.07) is 2.01. The molecule has 0 N–H and O–H groups in total. The smallest absolute Gasteiger partial charge is 0.107 e. The number of nitrogens with zero attached hydrogens (tertiary/aromatic N) is 3. The number of hydrogen-bond donors (Lipinski definition) is 0. The van der Waals surface area contributed by atoms with Crippen molar-refractivity contribution in [3.8, 4) is 0 Å². The molecule has 0 aliphatic heterocycles. The van der Waals surface area contributed by atoms with Crippen LogP contribution in [0.5, 0.6) is 0 Å². The van der Waals surface area contributed by atoms with Gasteiger partial charge < -0.3 is 4.57 Å². The van der Waals surface area contributed by atoms with E-state index in [2.05, 4.69) is 35.3 Å². The average Bonchev–Trinajstić information content (AvgIpc) is 2.38. The molecule has 14 heavy (non-hydrogen) atoms. The summed E-state index contributed by atoms with van der Waals surface area (Å²) in [4.78, 5) is 8.55. The Balaban J connectivity index is 2.81. The Bertz CT molecular complexity index is 463. The maximum absolute atomic E-state index is 4.48. The average molecular weight is 189 g/mol. The van der Waals surface area contributed by atoms with Crippen LogP contribution in [0.3, 0.4) is 0 Å². The topological polar surface area (TPSA) is 30.7 Å². The lowest BCUT2D eigenvalue weighted by atomic mass is 10.1. The van der Waals surface area contributed by atoms with Gasteiger partial charge in [-0.05, 0) is 33.8 Å². The summed E-state index contributed by atoms with van der Waals surface area (Å²) in [6.45, 7) is 8.58. The van der Waals surface area contributed by atoms with Crippen molar-refractivity contribution in [3.05, 3.63) is 24.3 Å². The molecule has 0 unspecified atom stereocenters. The Hall–Kier alpha value is -1.38. The molecule has 0 radical (unpaired) electrons. The molecule has 74 valence electrons. The predicted molar refractivity (Wildman–Crippen MR) is 57.3 cm³/mol. The highest BCUT2D eigenvalue weighted by atomic mass is 15.1. The van der Waals surface area contributed by atoms with Gasteiger partial charge >= 0.3 is 0 Å². The van der Waals surface area contributed by atoms with E-state index >= 15 is 0 Å². The van der Waals surface area contributed by atoms with Crippen LogP contribution in [-0.2, 0) is 5.54 Å². The highest BCUT2D eigenvalue weighted by Gasteiger charge is 2.18. The summed E-state index contributed by atoms with van der Waals surface area (Å²) in [7, 11) is 0. The third kappa shape index (κ3) is 1.29. The van der Waals surface area contributed by atoms with Gasteiger partial charge in [-0.1, -0.05) is 0 Å². The van der Waals surface area contributed by atoms with Crippen molar-refractivity contribution in [1.82, 2.24) is 14.5 Å². The van der Waals surface area contributed by atoms with Crippen LogP contribution in [-0.4, -0.2) is 14.5 Å². The van der Waals surface area contributed by atoms with Crippen molar-refractivity contribution < 1.29 is 0 Å². The SMILES string of the molecule is Cc1nc2cnccc2n1C(C)(C)C. The summed E-state index contributed by atoms with van der Waals surface area (Å²) in [6.07, 6.45) is 3.62. The summed E-state index contributed by atoms with van der Waals surface area (Å²) in [5.41, 5.74) is 2.20. The number of imidazole rings is 1. The third-order valence-corrected chi connectivity index (χ3v) is 2.30. The van der Waals surface area contributed by atoms with Gasteiger partial charge in [-0.3, -0.25) is 4.98 Å². The second-order valence-electron chi connectivity index (χ2n) is 4.53. The zero-order chi connectivity index (χ0) is 10.3. The monoisotopic (exact) mass is 189 g/mol. The lowest BCUT2D eigenvalue weighted by molar-refractivity contribution is 0.399. The molecule has 0 bridgehead atoms. The van der Waals surface area contributed by atoms with Gasteiger partial charge in [-0.15, -0.1) is 0 Å². The number of aromatic nitrogens is 3. The number of pyridine rings is 1. The second-order valence-corrected chi connectivity index (χ2v) is 4.53. The highest BCUT2D eigenvalue weighted by molar-refractivity contribution is 5.75. The Morgan fingerprint density at radius 2 is 2.00 bits per heavy atom. The van der Waals surface area contributed by atoms with Gasteiger partial charge in [0.05, 0.1) is 11.7 Å². The Labute approximate surface area is 83.8 Å². The molecule has 0 spiro atoms. The molecule has 0 aromatic carbocycles. The molecule has 0 saturated heterocycles. The fraction of sp³-hybridized carbons (Fsp3) is 0.455. The molecule has 0 aliphatic carbocycles. The number of hydrogen-bond acceptors (Lipinski definition) is 2. The van der Waals surface area contributed by atoms with Crippen LogP contribution < -0.4 is 0 Å². The normalized spacial score (nSPS) is 12.3. The zero-order valence-corrected chi connectivity index (χ0v) is 9.07. The first kappa shape index (κ1) is 9.19. The van der Waals surface area contributed by atoms with Crippen molar-refractivity contribution in [3.63, 3.8) is 0 Å².